The van der Waals surface area contributed by atoms with Gasteiger partial charge in [-0.05, 0) is 38.1 Å². The van der Waals surface area contributed by atoms with E-state index >= 15 is 0 Å². The molecule has 0 aliphatic carbocycles. The van der Waals surface area contributed by atoms with Crippen LogP contribution in [0.2, 0.25) is 0 Å². The van der Waals surface area contributed by atoms with Crippen molar-refractivity contribution in [2.24, 2.45) is 0 Å². The van der Waals surface area contributed by atoms with E-state index in [-0.39, 0.29) is 18.2 Å². The van der Waals surface area contributed by atoms with Crippen molar-refractivity contribution in [3.63, 3.8) is 0 Å². The van der Waals surface area contributed by atoms with Crippen LogP contribution >= 0.6 is 0 Å². The van der Waals surface area contributed by atoms with Gasteiger partial charge in [0.25, 0.3) is 5.88 Å². The highest BCUT2D eigenvalue weighted by molar-refractivity contribution is 5.89. The van der Waals surface area contributed by atoms with Gasteiger partial charge in [0.1, 0.15) is 11.5 Å². The summed E-state index contributed by atoms with van der Waals surface area (Å²) in [5.74, 6) is 0.915. The average Bonchev–Trinajstić information content (AvgIpc) is 2.69. The first-order valence-electron chi connectivity index (χ1n) is 8.41. The SMILES string of the molecule is CCOC(=O)c1nnc(-c2ccc(C)cc2)nc1Oc1ccc(OC)cc1. The Kier molecular flexibility index (Phi) is 5.61. The van der Waals surface area contributed by atoms with Gasteiger partial charge in [0, 0.05) is 5.56 Å². The molecule has 1 heterocycles. The molecule has 0 unspecified atom stereocenters. The Balaban J connectivity index is 1.98. The lowest BCUT2D eigenvalue weighted by molar-refractivity contribution is 0.0514. The normalized spacial score (nSPS) is 10.3. The van der Waals surface area contributed by atoms with Crippen LogP contribution in [0.25, 0.3) is 11.4 Å². The molecule has 0 fully saturated rings. The minimum absolute atomic E-state index is 0.0317. The third kappa shape index (κ3) is 4.38. The van der Waals surface area contributed by atoms with Crippen LogP contribution in [0.15, 0.2) is 48.5 Å². The summed E-state index contributed by atoms with van der Waals surface area (Å²) in [7, 11) is 1.58. The van der Waals surface area contributed by atoms with Crippen molar-refractivity contribution >= 4 is 5.97 Å². The average molecular weight is 365 g/mol. The van der Waals surface area contributed by atoms with Crippen molar-refractivity contribution in [3.8, 4) is 28.8 Å². The molecule has 0 aliphatic rings. The van der Waals surface area contributed by atoms with Gasteiger partial charge >= 0.3 is 5.97 Å². The maximum atomic E-state index is 12.2. The minimum atomic E-state index is -0.642. The lowest BCUT2D eigenvalue weighted by Crippen LogP contribution is -2.12. The zero-order valence-corrected chi connectivity index (χ0v) is 15.3. The van der Waals surface area contributed by atoms with Crippen LogP contribution in [0.4, 0.5) is 0 Å². The minimum Gasteiger partial charge on any atom is -0.497 e. The molecule has 0 amide bonds. The summed E-state index contributed by atoms with van der Waals surface area (Å²) in [5.41, 5.74) is 1.80. The topological polar surface area (TPSA) is 83.4 Å². The maximum Gasteiger partial charge on any atom is 0.364 e. The molecule has 0 N–H and O–H groups in total. The third-order valence-corrected chi connectivity index (χ3v) is 3.71. The van der Waals surface area contributed by atoms with Gasteiger partial charge in [-0.25, -0.2) is 4.79 Å². The molecule has 3 rings (SSSR count). The van der Waals surface area contributed by atoms with E-state index in [1.54, 1.807) is 38.3 Å². The van der Waals surface area contributed by atoms with Crippen molar-refractivity contribution in [2.45, 2.75) is 13.8 Å². The summed E-state index contributed by atoms with van der Waals surface area (Å²) in [5, 5.41) is 8.04. The molecule has 0 saturated carbocycles. The van der Waals surface area contributed by atoms with E-state index in [1.807, 2.05) is 31.2 Å². The van der Waals surface area contributed by atoms with Crippen LogP contribution in [0.1, 0.15) is 23.0 Å². The van der Waals surface area contributed by atoms with E-state index in [1.165, 1.54) is 0 Å². The second-order valence-corrected chi connectivity index (χ2v) is 5.65. The standard InChI is InChI=1S/C20H19N3O4/c1-4-26-20(24)17-19(27-16-11-9-15(25-3)10-12-16)21-18(23-22-17)14-7-5-13(2)6-8-14/h5-12H,4H2,1-3H3. The number of aromatic nitrogens is 3. The first-order valence-corrected chi connectivity index (χ1v) is 8.41. The van der Waals surface area contributed by atoms with Crippen molar-refractivity contribution in [1.29, 1.82) is 0 Å². The summed E-state index contributed by atoms with van der Waals surface area (Å²) in [6.45, 7) is 3.91. The molecular weight excluding hydrogens is 346 g/mol. The van der Waals surface area contributed by atoms with Gasteiger partial charge in [-0.2, -0.15) is 4.98 Å². The Morgan fingerprint density at radius 3 is 2.26 bits per heavy atom. The number of carbonyl (C=O) groups excluding carboxylic acids is 1. The van der Waals surface area contributed by atoms with Crippen LogP contribution in [0, 0.1) is 6.92 Å². The number of ether oxygens (including phenoxy) is 3. The number of methoxy groups -OCH3 is 1. The van der Waals surface area contributed by atoms with Gasteiger partial charge in [-0.3, -0.25) is 0 Å². The Labute approximate surface area is 156 Å². The highest BCUT2D eigenvalue weighted by Crippen LogP contribution is 2.26. The largest absolute Gasteiger partial charge is 0.497 e. The van der Waals surface area contributed by atoms with E-state index in [2.05, 4.69) is 15.2 Å². The van der Waals surface area contributed by atoms with Gasteiger partial charge < -0.3 is 14.2 Å². The molecule has 0 aliphatic heterocycles. The number of rotatable bonds is 6. The number of hydrogen-bond donors (Lipinski definition) is 0. The molecule has 138 valence electrons. The molecule has 1 aromatic heterocycles. The molecule has 3 aromatic rings. The quantitative estimate of drug-likeness (QED) is 0.614. The van der Waals surface area contributed by atoms with Crippen molar-refractivity contribution in [2.75, 3.05) is 13.7 Å². The van der Waals surface area contributed by atoms with Gasteiger partial charge in [0.15, 0.2) is 5.82 Å². The van der Waals surface area contributed by atoms with E-state index in [4.69, 9.17) is 14.2 Å². The summed E-state index contributed by atoms with van der Waals surface area (Å²) in [6, 6.07) is 14.6. The van der Waals surface area contributed by atoms with Gasteiger partial charge in [-0.1, -0.05) is 29.8 Å². The van der Waals surface area contributed by atoms with Crippen LogP contribution in [0.3, 0.4) is 0 Å². The second kappa shape index (κ2) is 8.27. The monoisotopic (exact) mass is 365 g/mol. The van der Waals surface area contributed by atoms with E-state index in [0.717, 1.165) is 11.1 Å². The Hall–Kier alpha value is -3.48. The first-order chi connectivity index (χ1) is 13.1. The third-order valence-electron chi connectivity index (χ3n) is 3.71. The van der Waals surface area contributed by atoms with Gasteiger partial charge in [0.05, 0.1) is 13.7 Å². The van der Waals surface area contributed by atoms with Crippen molar-refractivity contribution < 1.29 is 19.0 Å². The number of carbonyl (C=O) groups is 1. The molecule has 0 bridgehead atoms. The smallest absolute Gasteiger partial charge is 0.364 e. The highest BCUT2D eigenvalue weighted by Gasteiger charge is 2.21. The fourth-order valence-electron chi connectivity index (χ4n) is 2.29. The van der Waals surface area contributed by atoms with E-state index < -0.39 is 5.97 Å². The predicted octanol–water partition coefficient (Wildman–Crippen LogP) is 3.82. The van der Waals surface area contributed by atoms with Crippen LogP contribution in [0.5, 0.6) is 17.4 Å². The Morgan fingerprint density at radius 2 is 1.63 bits per heavy atom. The molecule has 0 spiro atoms. The van der Waals surface area contributed by atoms with Crippen molar-refractivity contribution in [1.82, 2.24) is 15.2 Å². The molecule has 2 aromatic carbocycles. The second-order valence-electron chi connectivity index (χ2n) is 5.65. The Morgan fingerprint density at radius 1 is 0.963 bits per heavy atom. The molecule has 7 nitrogen and oxygen atoms in total. The molecule has 0 saturated heterocycles. The Bertz CT molecular complexity index is 925. The number of nitrogens with zero attached hydrogens (tertiary/aromatic N) is 3. The van der Waals surface area contributed by atoms with Crippen molar-refractivity contribution in [3.05, 3.63) is 59.8 Å². The first kappa shape index (κ1) is 18.3. The van der Waals surface area contributed by atoms with E-state index in [0.29, 0.717) is 17.3 Å². The number of esters is 1. The fraction of sp³-hybridized carbons (Fsp3) is 0.200. The van der Waals surface area contributed by atoms with Gasteiger partial charge in [0.2, 0.25) is 5.69 Å². The van der Waals surface area contributed by atoms with Crippen LogP contribution < -0.4 is 9.47 Å². The van der Waals surface area contributed by atoms with E-state index in [9.17, 15) is 4.79 Å². The molecule has 0 atom stereocenters. The molecular formula is C20H19N3O4. The van der Waals surface area contributed by atoms with Gasteiger partial charge in [-0.15, -0.1) is 10.2 Å². The number of aryl methyl sites for hydroxylation is 1. The summed E-state index contributed by atoms with van der Waals surface area (Å²) in [4.78, 5) is 16.6. The predicted molar refractivity (Wildman–Crippen MR) is 99.0 cm³/mol. The molecule has 27 heavy (non-hydrogen) atoms. The van der Waals surface area contributed by atoms with Crippen LogP contribution in [-0.4, -0.2) is 34.9 Å². The maximum absolute atomic E-state index is 12.2. The highest BCUT2D eigenvalue weighted by atomic mass is 16.5. The summed E-state index contributed by atoms with van der Waals surface area (Å²) in [6.07, 6.45) is 0. The number of benzene rings is 2. The summed E-state index contributed by atoms with van der Waals surface area (Å²) >= 11 is 0. The molecule has 0 radical (unpaired) electrons. The fourth-order valence-corrected chi connectivity index (χ4v) is 2.29. The lowest BCUT2D eigenvalue weighted by atomic mass is 10.1. The summed E-state index contributed by atoms with van der Waals surface area (Å²) < 4.78 is 15.9. The van der Waals surface area contributed by atoms with Crippen LogP contribution in [-0.2, 0) is 4.74 Å². The molecule has 7 heteroatoms. The zero-order chi connectivity index (χ0) is 19.2. The lowest BCUT2D eigenvalue weighted by Gasteiger charge is -2.10. The zero-order valence-electron chi connectivity index (χ0n) is 15.3. The number of hydrogen-bond acceptors (Lipinski definition) is 7.